The first-order valence-electron chi connectivity index (χ1n) is 6.89. The lowest BCUT2D eigenvalue weighted by Gasteiger charge is -2.27. The van der Waals surface area contributed by atoms with Gasteiger partial charge in [-0.2, -0.15) is 16.3 Å². The largest absolute Gasteiger partial charge is 0.377 e. The van der Waals surface area contributed by atoms with Gasteiger partial charge in [0.2, 0.25) is 5.89 Å². The first-order chi connectivity index (χ1) is 9.79. The van der Waals surface area contributed by atoms with Gasteiger partial charge in [-0.3, -0.25) is 4.90 Å². The van der Waals surface area contributed by atoms with Crippen LogP contribution in [0.15, 0.2) is 21.3 Å². The first-order valence-corrected chi connectivity index (χ1v) is 7.83. The minimum Gasteiger partial charge on any atom is -0.377 e. The molecule has 0 amide bonds. The molecule has 3 heterocycles. The Morgan fingerprint density at radius 2 is 2.50 bits per heavy atom. The van der Waals surface area contributed by atoms with Gasteiger partial charge >= 0.3 is 0 Å². The van der Waals surface area contributed by atoms with Crippen LogP contribution in [0.2, 0.25) is 0 Å². The van der Waals surface area contributed by atoms with Gasteiger partial charge in [-0.25, -0.2) is 0 Å². The second-order valence-corrected chi connectivity index (χ2v) is 5.89. The summed E-state index contributed by atoms with van der Waals surface area (Å²) in [6.45, 7) is 3.60. The predicted octanol–water partition coefficient (Wildman–Crippen LogP) is 3.18. The summed E-state index contributed by atoms with van der Waals surface area (Å²) in [4.78, 5) is 6.87. The Morgan fingerprint density at radius 3 is 3.25 bits per heavy atom. The molecule has 2 unspecified atom stereocenters. The number of likely N-dealkylation sites (tertiary alicyclic amines) is 1. The second kappa shape index (κ2) is 6.03. The summed E-state index contributed by atoms with van der Waals surface area (Å²) < 4.78 is 10.4. The van der Waals surface area contributed by atoms with Gasteiger partial charge in [0.05, 0.1) is 6.04 Å². The maximum atomic E-state index is 5.38. The zero-order chi connectivity index (χ0) is 13.9. The van der Waals surface area contributed by atoms with E-state index in [1.54, 1.807) is 18.4 Å². The molecule has 6 heteroatoms. The Hall–Kier alpha value is -1.24. The van der Waals surface area contributed by atoms with Crippen LogP contribution in [-0.2, 0) is 11.3 Å². The van der Waals surface area contributed by atoms with Crippen molar-refractivity contribution in [1.29, 1.82) is 0 Å². The Balaban J connectivity index is 1.76. The van der Waals surface area contributed by atoms with E-state index in [4.69, 9.17) is 9.26 Å². The van der Waals surface area contributed by atoms with Crippen molar-refractivity contribution >= 4 is 11.3 Å². The van der Waals surface area contributed by atoms with E-state index >= 15 is 0 Å². The molecule has 20 heavy (non-hydrogen) atoms. The van der Waals surface area contributed by atoms with Gasteiger partial charge in [0.25, 0.3) is 0 Å². The highest BCUT2D eigenvalue weighted by atomic mass is 32.1. The fourth-order valence-corrected chi connectivity index (χ4v) is 3.55. The van der Waals surface area contributed by atoms with Crippen molar-refractivity contribution in [2.45, 2.75) is 38.5 Å². The molecule has 3 rings (SSSR count). The zero-order valence-corrected chi connectivity index (χ0v) is 12.6. The van der Waals surface area contributed by atoms with E-state index in [9.17, 15) is 0 Å². The summed E-state index contributed by atoms with van der Waals surface area (Å²) in [5.74, 6) is 1.29. The van der Waals surface area contributed by atoms with Crippen molar-refractivity contribution in [3.05, 3.63) is 34.1 Å². The van der Waals surface area contributed by atoms with Crippen LogP contribution in [-0.4, -0.2) is 28.7 Å². The third-order valence-electron chi connectivity index (χ3n) is 3.83. The molecular weight excluding hydrogens is 274 g/mol. The molecule has 0 N–H and O–H groups in total. The van der Waals surface area contributed by atoms with E-state index in [1.165, 1.54) is 18.4 Å². The van der Waals surface area contributed by atoms with Gasteiger partial charge in [-0.15, -0.1) is 0 Å². The number of nitrogens with zero attached hydrogens (tertiary/aromatic N) is 3. The SMILES string of the molecule is COCc1noc(C(C)N2CCCC2c2ccsc2)n1. The van der Waals surface area contributed by atoms with Crippen LogP contribution in [0.4, 0.5) is 0 Å². The van der Waals surface area contributed by atoms with Gasteiger partial charge in [-0.05, 0) is 48.7 Å². The van der Waals surface area contributed by atoms with Gasteiger partial charge in [-0.1, -0.05) is 5.16 Å². The Kier molecular flexibility index (Phi) is 4.14. The number of thiophene rings is 1. The van der Waals surface area contributed by atoms with E-state index in [0.29, 0.717) is 24.4 Å². The first kappa shape index (κ1) is 13.7. The lowest BCUT2D eigenvalue weighted by molar-refractivity contribution is 0.158. The highest BCUT2D eigenvalue weighted by Gasteiger charge is 2.33. The van der Waals surface area contributed by atoms with Crippen LogP contribution in [0.1, 0.15) is 49.1 Å². The van der Waals surface area contributed by atoms with Crippen LogP contribution < -0.4 is 0 Å². The normalized spacial score (nSPS) is 21.4. The Bertz CT molecular complexity index is 540. The van der Waals surface area contributed by atoms with Crippen molar-refractivity contribution in [2.24, 2.45) is 0 Å². The number of hydrogen-bond donors (Lipinski definition) is 0. The van der Waals surface area contributed by atoms with Crippen LogP contribution in [0.25, 0.3) is 0 Å². The molecule has 2 atom stereocenters. The molecule has 1 saturated heterocycles. The summed E-state index contributed by atoms with van der Waals surface area (Å²) in [7, 11) is 1.63. The summed E-state index contributed by atoms with van der Waals surface area (Å²) in [6.07, 6.45) is 2.41. The average molecular weight is 293 g/mol. The predicted molar refractivity (Wildman–Crippen MR) is 76.4 cm³/mol. The number of methoxy groups -OCH3 is 1. The quantitative estimate of drug-likeness (QED) is 0.847. The summed E-state index contributed by atoms with van der Waals surface area (Å²) >= 11 is 1.75. The van der Waals surface area contributed by atoms with Crippen molar-refractivity contribution < 1.29 is 9.26 Å². The molecule has 1 fully saturated rings. The van der Waals surface area contributed by atoms with Gasteiger partial charge in [0, 0.05) is 13.2 Å². The average Bonchev–Trinajstić information content (AvgIpc) is 3.19. The van der Waals surface area contributed by atoms with Gasteiger partial charge in [0.15, 0.2) is 5.82 Å². The fraction of sp³-hybridized carbons (Fsp3) is 0.571. The minimum absolute atomic E-state index is 0.139. The lowest BCUT2D eigenvalue weighted by Crippen LogP contribution is -2.26. The zero-order valence-electron chi connectivity index (χ0n) is 11.8. The minimum atomic E-state index is 0.139. The lowest BCUT2D eigenvalue weighted by atomic mass is 10.1. The number of rotatable bonds is 5. The van der Waals surface area contributed by atoms with Crippen molar-refractivity contribution in [2.75, 3.05) is 13.7 Å². The highest BCUT2D eigenvalue weighted by molar-refractivity contribution is 7.07. The van der Waals surface area contributed by atoms with Gasteiger partial charge < -0.3 is 9.26 Å². The molecule has 0 aromatic carbocycles. The third-order valence-corrected chi connectivity index (χ3v) is 4.54. The summed E-state index contributed by atoms with van der Waals surface area (Å²) in [5.41, 5.74) is 1.40. The van der Waals surface area contributed by atoms with Crippen LogP contribution in [0.5, 0.6) is 0 Å². The fourth-order valence-electron chi connectivity index (χ4n) is 2.84. The molecule has 0 radical (unpaired) electrons. The molecule has 108 valence electrons. The van der Waals surface area contributed by atoms with Crippen molar-refractivity contribution in [3.63, 3.8) is 0 Å². The van der Waals surface area contributed by atoms with Gasteiger partial charge in [0.1, 0.15) is 6.61 Å². The Morgan fingerprint density at radius 1 is 1.60 bits per heavy atom. The monoisotopic (exact) mass is 293 g/mol. The smallest absolute Gasteiger partial charge is 0.243 e. The van der Waals surface area contributed by atoms with E-state index in [1.807, 2.05) is 0 Å². The molecule has 5 nitrogen and oxygen atoms in total. The van der Waals surface area contributed by atoms with E-state index in [-0.39, 0.29) is 6.04 Å². The maximum Gasteiger partial charge on any atom is 0.243 e. The molecule has 2 aromatic heterocycles. The molecule has 1 aliphatic rings. The molecule has 0 spiro atoms. The summed E-state index contributed by atoms with van der Waals surface area (Å²) in [5, 5.41) is 8.33. The van der Waals surface area contributed by atoms with Crippen LogP contribution >= 0.6 is 11.3 Å². The Labute approximate surface area is 122 Å². The highest BCUT2D eigenvalue weighted by Crippen LogP contribution is 2.38. The van der Waals surface area contributed by atoms with Crippen molar-refractivity contribution in [3.8, 4) is 0 Å². The van der Waals surface area contributed by atoms with Crippen LogP contribution in [0.3, 0.4) is 0 Å². The number of hydrogen-bond acceptors (Lipinski definition) is 6. The molecule has 2 aromatic rings. The standard InChI is InChI=1S/C14H19N3O2S/c1-10(14-15-13(8-18-2)16-19-14)17-6-3-4-12(17)11-5-7-20-9-11/h5,7,9-10,12H,3-4,6,8H2,1-2H3. The van der Waals surface area contributed by atoms with E-state index in [2.05, 4.69) is 38.8 Å². The molecular formula is C14H19N3O2S. The molecule has 0 saturated carbocycles. The molecule has 0 bridgehead atoms. The number of ether oxygens (including phenoxy) is 1. The molecule has 1 aliphatic heterocycles. The van der Waals surface area contributed by atoms with E-state index < -0.39 is 0 Å². The van der Waals surface area contributed by atoms with Crippen molar-refractivity contribution in [1.82, 2.24) is 15.0 Å². The van der Waals surface area contributed by atoms with E-state index in [0.717, 1.165) is 6.54 Å². The third kappa shape index (κ3) is 2.63. The topological polar surface area (TPSA) is 51.4 Å². The maximum absolute atomic E-state index is 5.38. The second-order valence-electron chi connectivity index (χ2n) is 5.11. The summed E-state index contributed by atoms with van der Waals surface area (Å²) in [6, 6.07) is 2.82. The molecule has 0 aliphatic carbocycles. The van der Waals surface area contributed by atoms with Crippen LogP contribution in [0, 0.1) is 0 Å². The number of aromatic nitrogens is 2.